The number of ketones is 1. The van der Waals surface area contributed by atoms with Crippen LogP contribution < -0.4 is 5.69 Å². The van der Waals surface area contributed by atoms with Crippen molar-refractivity contribution in [2.45, 2.75) is 65.3 Å². The second kappa shape index (κ2) is 7.97. The Morgan fingerprint density at radius 3 is 2.45 bits per heavy atom. The standard InChI is InChI=1S/C18H26N2O2/c1-3-4-5-6-7-8-9-12-20-17-11-10-15(14(2)21)13-16(17)19-18(20)22/h10-11,13H,3-9,12H2,1-2H3,(H,19,22). The van der Waals surface area contributed by atoms with Gasteiger partial charge in [0, 0.05) is 12.1 Å². The Morgan fingerprint density at radius 1 is 1.09 bits per heavy atom. The smallest absolute Gasteiger partial charge is 0.306 e. The largest absolute Gasteiger partial charge is 0.326 e. The maximum Gasteiger partial charge on any atom is 0.326 e. The fourth-order valence-corrected chi connectivity index (χ4v) is 2.83. The van der Waals surface area contributed by atoms with E-state index in [4.69, 9.17) is 0 Å². The Hall–Kier alpha value is -1.84. The lowest BCUT2D eigenvalue weighted by Gasteiger charge is -2.04. The van der Waals surface area contributed by atoms with Crippen LogP contribution in [0.15, 0.2) is 23.0 Å². The fourth-order valence-electron chi connectivity index (χ4n) is 2.83. The van der Waals surface area contributed by atoms with Crippen LogP contribution in [0.4, 0.5) is 0 Å². The van der Waals surface area contributed by atoms with Gasteiger partial charge in [-0.3, -0.25) is 9.36 Å². The zero-order valence-corrected chi connectivity index (χ0v) is 13.7. The lowest BCUT2D eigenvalue weighted by Crippen LogP contribution is -2.16. The number of aromatic amines is 1. The molecule has 0 aliphatic heterocycles. The van der Waals surface area contributed by atoms with Crippen molar-refractivity contribution < 1.29 is 4.79 Å². The Bertz CT molecular complexity index is 682. The van der Waals surface area contributed by atoms with Crippen molar-refractivity contribution in [3.8, 4) is 0 Å². The molecular weight excluding hydrogens is 276 g/mol. The van der Waals surface area contributed by atoms with Crippen molar-refractivity contribution in [1.29, 1.82) is 0 Å². The van der Waals surface area contributed by atoms with E-state index in [-0.39, 0.29) is 11.5 Å². The van der Waals surface area contributed by atoms with Crippen molar-refractivity contribution in [1.82, 2.24) is 9.55 Å². The van der Waals surface area contributed by atoms with E-state index in [2.05, 4.69) is 11.9 Å². The first-order chi connectivity index (χ1) is 10.6. The molecule has 1 aromatic heterocycles. The number of H-pyrrole nitrogens is 1. The Balaban J connectivity index is 1.95. The summed E-state index contributed by atoms with van der Waals surface area (Å²) in [6.45, 7) is 4.50. The number of carbonyl (C=O) groups is 1. The molecule has 0 saturated heterocycles. The minimum absolute atomic E-state index is 0.0163. The second-order valence-corrected chi connectivity index (χ2v) is 5.99. The number of unbranched alkanes of at least 4 members (excludes halogenated alkanes) is 6. The number of nitrogens with zero attached hydrogens (tertiary/aromatic N) is 1. The first kappa shape index (κ1) is 16.5. The summed E-state index contributed by atoms with van der Waals surface area (Å²) in [6.07, 6.45) is 8.62. The van der Waals surface area contributed by atoms with Gasteiger partial charge in [-0.2, -0.15) is 0 Å². The molecule has 0 atom stereocenters. The molecule has 0 aliphatic carbocycles. The zero-order valence-electron chi connectivity index (χ0n) is 13.7. The van der Waals surface area contributed by atoms with Gasteiger partial charge in [0.05, 0.1) is 11.0 Å². The van der Waals surface area contributed by atoms with Gasteiger partial charge in [0.15, 0.2) is 5.78 Å². The van der Waals surface area contributed by atoms with Crippen LogP contribution in [0.1, 0.15) is 69.2 Å². The number of fused-ring (bicyclic) bond motifs is 1. The van der Waals surface area contributed by atoms with Crippen LogP contribution in [-0.2, 0) is 6.54 Å². The maximum atomic E-state index is 12.0. The van der Waals surface area contributed by atoms with Crippen LogP contribution in [0.25, 0.3) is 11.0 Å². The number of hydrogen-bond donors (Lipinski definition) is 1. The average Bonchev–Trinajstić information content (AvgIpc) is 2.81. The lowest BCUT2D eigenvalue weighted by atomic mass is 10.1. The number of nitrogens with one attached hydrogen (secondary N) is 1. The highest BCUT2D eigenvalue weighted by Crippen LogP contribution is 2.15. The number of Topliss-reactive ketones (excluding diaryl/α,β-unsaturated/α-hetero) is 1. The SMILES string of the molecule is CCCCCCCCCn1c(=O)[nH]c2cc(C(C)=O)ccc21. The van der Waals surface area contributed by atoms with Crippen molar-refractivity contribution in [3.05, 3.63) is 34.2 Å². The predicted molar refractivity (Wildman–Crippen MR) is 90.6 cm³/mol. The zero-order chi connectivity index (χ0) is 15.9. The van der Waals surface area contributed by atoms with E-state index in [0.29, 0.717) is 5.56 Å². The number of imidazole rings is 1. The van der Waals surface area contributed by atoms with Gasteiger partial charge in [-0.25, -0.2) is 4.79 Å². The second-order valence-electron chi connectivity index (χ2n) is 5.99. The molecule has 2 aromatic rings. The van der Waals surface area contributed by atoms with E-state index in [0.717, 1.165) is 30.4 Å². The summed E-state index contributed by atoms with van der Waals surface area (Å²) in [5.41, 5.74) is 2.19. The Morgan fingerprint density at radius 2 is 1.77 bits per heavy atom. The van der Waals surface area contributed by atoms with Gasteiger partial charge in [0.1, 0.15) is 0 Å². The van der Waals surface area contributed by atoms with Crippen LogP contribution in [0.5, 0.6) is 0 Å². The summed E-state index contributed by atoms with van der Waals surface area (Å²) in [5.74, 6) is 0.0163. The van der Waals surface area contributed by atoms with Gasteiger partial charge >= 0.3 is 5.69 Å². The molecule has 2 rings (SSSR count). The highest BCUT2D eigenvalue weighted by Gasteiger charge is 2.08. The average molecular weight is 302 g/mol. The Labute approximate surface area is 131 Å². The van der Waals surface area contributed by atoms with Gasteiger partial charge in [-0.1, -0.05) is 45.4 Å². The molecule has 0 saturated carbocycles. The fraction of sp³-hybridized carbons (Fsp3) is 0.556. The molecule has 1 heterocycles. The van der Waals surface area contributed by atoms with Gasteiger partial charge < -0.3 is 4.98 Å². The third-order valence-electron chi connectivity index (χ3n) is 4.17. The summed E-state index contributed by atoms with van der Waals surface area (Å²) >= 11 is 0. The first-order valence-corrected chi connectivity index (χ1v) is 8.37. The summed E-state index contributed by atoms with van der Waals surface area (Å²) in [6, 6.07) is 5.42. The van der Waals surface area contributed by atoms with E-state index in [1.807, 2.05) is 6.07 Å². The van der Waals surface area contributed by atoms with Crippen molar-refractivity contribution in [2.75, 3.05) is 0 Å². The van der Waals surface area contributed by atoms with Crippen molar-refractivity contribution in [2.24, 2.45) is 0 Å². The molecule has 22 heavy (non-hydrogen) atoms. The van der Waals surface area contributed by atoms with E-state index < -0.39 is 0 Å². The molecule has 0 aliphatic rings. The summed E-state index contributed by atoms with van der Waals surface area (Å²) < 4.78 is 1.78. The maximum absolute atomic E-state index is 12.0. The van der Waals surface area contributed by atoms with Gasteiger partial charge in [0.25, 0.3) is 0 Å². The van der Waals surface area contributed by atoms with Gasteiger partial charge in [0.2, 0.25) is 0 Å². The molecule has 4 heteroatoms. The molecule has 4 nitrogen and oxygen atoms in total. The number of aromatic nitrogens is 2. The monoisotopic (exact) mass is 302 g/mol. The molecular formula is C18H26N2O2. The molecule has 0 spiro atoms. The minimum atomic E-state index is -0.0818. The topological polar surface area (TPSA) is 54.9 Å². The van der Waals surface area contributed by atoms with Crippen LogP contribution in [0, 0.1) is 0 Å². The number of rotatable bonds is 9. The third-order valence-corrected chi connectivity index (χ3v) is 4.17. The molecule has 0 radical (unpaired) electrons. The molecule has 1 N–H and O–H groups in total. The van der Waals surface area contributed by atoms with Crippen LogP contribution >= 0.6 is 0 Å². The molecule has 0 amide bonds. The summed E-state index contributed by atoms with van der Waals surface area (Å²) in [7, 11) is 0. The number of hydrogen-bond acceptors (Lipinski definition) is 2. The highest BCUT2D eigenvalue weighted by atomic mass is 16.1. The summed E-state index contributed by atoms with van der Waals surface area (Å²) in [5, 5.41) is 0. The third kappa shape index (κ3) is 4.09. The van der Waals surface area contributed by atoms with Crippen LogP contribution in [0.2, 0.25) is 0 Å². The quantitative estimate of drug-likeness (QED) is 0.555. The predicted octanol–water partition coefficient (Wildman–Crippen LogP) is 4.28. The van der Waals surface area contributed by atoms with E-state index in [1.165, 1.54) is 39.0 Å². The lowest BCUT2D eigenvalue weighted by molar-refractivity contribution is 0.101. The van der Waals surface area contributed by atoms with Crippen LogP contribution in [0.3, 0.4) is 0 Å². The molecule has 0 fully saturated rings. The summed E-state index contributed by atoms with van der Waals surface area (Å²) in [4.78, 5) is 26.3. The van der Waals surface area contributed by atoms with Crippen molar-refractivity contribution in [3.63, 3.8) is 0 Å². The first-order valence-electron chi connectivity index (χ1n) is 8.37. The number of aryl methyl sites for hydroxylation is 1. The van der Waals surface area contributed by atoms with E-state index in [1.54, 1.807) is 16.7 Å². The van der Waals surface area contributed by atoms with Crippen molar-refractivity contribution >= 4 is 16.8 Å². The molecule has 0 bridgehead atoms. The molecule has 0 unspecified atom stereocenters. The van der Waals surface area contributed by atoms with Gasteiger partial charge in [-0.05, 0) is 31.5 Å². The van der Waals surface area contributed by atoms with E-state index >= 15 is 0 Å². The highest BCUT2D eigenvalue weighted by molar-refractivity contribution is 5.97. The molecule has 1 aromatic carbocycles. The van der Waals surface area contributed by atoms with Crippen LogP contribution in [-0.4, -0.2) is 15.3 Å². The molecule has 120 valence electrons. The number of benzene rings is 1. The minimum Gasteiger partial charge on any atom is -0.306 e. The number of carbonyl (C=O) groups excluding carboxylic acids is 1. The van der Waals surface area contributed by atoms with E-state index in [9.17, 15) is 9.59 Å². The normalized spacial score (nSPS) is 11.2. The van der Waals surface area contributed by atoms with Gasteiger partial charge in [-0.15, -0.1) is 0 Å². The Kier molecular flexibility index (Phi) is 5.99.